The Kier molecular flexibility index (Phi) is 4.36. The average molecular weight is 385 g/mol. The molecule has 0 atom stereocenters. The summed E-state index contributed by atoms with van der Waals surface area (Å²) in [7, 11) is -3.92. The molecule has 1 aliphatic rings. The van der Waals surface area contributed by atoms with Crippen LogP contribution in [0.15, 0.2) is 39.2 Å². The second kappa shape index (κ2) is 5.62. The molecule has 1 heterocycles. The molecule has 1 aromatic carbocycles. The van der Waals surface area contributed by atoms with Gasteiger partial charge in [-0.05, 0) is 24.6 Å². The van der Waals surface area contributed by atoms with E-state index >= 15 is 0 Å². The molecule has 0 amide bonds. The van der Waals surface area contributed by atoms with Crippen LogP contribution in [0.3, 0.4) is 0 Å². The standard InChI is InChI=1S/C12H12BrF3N2O2S/c13-9-1-2-10(17)11(7-9)21(19,20)18-5-3-8(4-6-18)12(14,15)16/h1-3,7H,4-6,17H2. The zero-order valence-corrected chi connectivity index (χ0v) is 13.1. The monoisotopic (exact) mass is 384 g/mol. The first-order valence-electron chi connectivity index (χ1n) is 5.94. The van der Waals surface area contributed by atoms with Crippen molar-refractivity contribution >= 4 is 31.6 Å². The predicted octanol–water partition coefficient (Wildman–Crippen LogP) is 2.91. The highest BCUT2D eigenvalue weighted by Crippen LogP contribution is 2.33. The van der Waals surface area contributed by atoms with Gasteiger partial charge >= 0.3 is 6.18 Å². The van der Waals surface area contributed by atoms with Gasteiger partial charge < -0.3 is 5.73 Å². The van der Waals surface area contributed by atoms with Crippen molar-refractivity contribution in [3.8, 4) is 0 Å². The maximum atomic E-state index is 12.5. The lowest BCUT2D eigenvalue weighted by atomic mass is 10.1. The maximum Gasteiger partial charge on any atom is 0.412 e. The van der Waals surface area contributed by atoms with Gasteiger partial charge in [-0.25, -0.2) is 8.42 Å². The van der Waals surface area contributed by atoms with Crippen molar-refractivity contribution in [1.29, 1.82) is 0 Å². The number of alkyl halides is 3. The second-order valence-electron chi connectivity index (χ2n) is 4.52. The predicted molar refractivity (Wildman–Crippen MR) is 76.1 cm³/mol. The minimum absolute atomic E-state index is 0.0591. The second-order valence-corrected chi connectivity index (χ2v) is 7.34. The topological polar surface area (TPSA) is 63.4 Å². The van der Waals surface area contributed by atoms with Crippen molar-refractivity contribution in [2.75, 3.05) is 18.8 Å². The number of nitrogens with zero attached hydrogens (tertiary/aromatic N) is 1. The van der Waals surface area contributed by atoms with Gasteiger partial charge in [-0.1, -0.05) is 22.0 Å². The van der Waals surface area contributed by atoms with E-state index in [2.05, 4.69) is 15.9 Å². The van der Waals surface area contributed by atoms with Crippen LogP contribution in [0, 0.1) is 0 Å². The highest BCUT2D eigenvalue weighted by atomic mass is 79.9. The first kappa shape index (κ1) is 16.3. The Labute approximate surface area is 128 Å². The molecule has 2 N–H and O–H groups in total. The normalized spacial score (nSPS) is 17.6. The molecular formula is C12H12BrF3N2O2S. The number of nitrogens with two attached hydrogens (primary N) is 1. The fourth-order valence-corrected chi connectivity index (χ4v) is 4.03. The molecule has 0 bridgehead atoms. The summed E-state index contributed by atoms with van der Waals surface area (Å²) in [5.41, 5.74) is 5.02. The Morgan fingerprint density at radius 2 is 1.95 bits per heavy atom. The summed E-state index contributed by atoms with van der Waals surface area (Å²) in [6.45, 7) is -0.539. The lowest BCUT2D eigenvalue weighted by Gasteiger charge is -2.27. The van der Waals surface area contributed by atoms with Gasteiger partial charge in [-0.3, -0.25) is 0 Å². The third-order valence-electron chi connectivity index (χ3n) is 3.13. The SMILES string of the molecule is Nc1ccc(Br)cc1S(=O)(=O)N1CC=C(C(F)(F)F)CC1. The molecule has 0 saturated carbocycles. The van der Waals surface area contributed by atoms with Crippen LogP contribution in [0.1, 0.15) is 6.42 Å². The van der Waals surface area contributed by atoms with Crippen molar-refractivity contribution in [3.05, 3.63) is 34.3 Å². The number of hydrogen-bond acceptors (Lipinski definition) is 3. The molecular weight excluding hydrogens is 373 g/mol. The number of nitrogen functional groups attached to an aromatic ring is 1. The van der Waals surface area contributed by atoms with Gasteiger partial charge in [0.15, 0.2) is 0 Å². The van der Waals surface area contributed by atoms with Crippen molar-refractivity contribution in [3.63, 3.8) is 0 Å². The molecule has 2 rings (SSSR count). The van der Waals surface area contributed by atoms with E-state index in [0.29, 0.717) is 4.47 Å². The summed E-state index contributed by atoms with van der Waals surface area (Å²) < 4.78 is 64.0. The van der Waals surface area contributed by atoms with Crippen LogP contribution in [0.5, 0.6) is 0 Å². The van der Waals surface area contributed by atoms with Crippen LogP contribution in [0.4, 0.5) is 18.9 Å². The number of benzene rings is 1. The number of hydrogen-bond donors (Lipinski definition) is 1. The molecule has 1 aliphatic heterocycles. The van der Waals surface area contributed by atoms with E-state index in [1.54, 1.807) is 6.07 Å². The summed E-state index contributed by atoms with van der Waals surface area (Å²) in [5, 5.41) is 0. The molecule has 116 valence electrons. The molecule has 0 fully saturated rings. The average Bonchev–Trinajstić information content (AvgIpc) is 2.40. The van der Waals surface area contributed by atoms with Gasteiger partial charge in [-0.2, -0.15) is 17.5 Å². The Bertz CT molecular complexity index is 686. The Morgan fingerprint density at radius 1 is 1.29 bits per heavy atom. The summed E-state index contributed by atoms with van der Waals surface area (Å²) in [4.78, 5) is -0.110. The Balaban J connectivity index is 2.31. The van der Waals surface area contributed by atoms with E-state index in [-0.39, 0.29) is 30.1 Å². The van der Waals surface area contributed by atoms with Gasteiger partial charge in [0.2, 0.25) is 10.0 Å². The summed E-state index contributed by atoms with van der Waals surface area (Å²) in [6, 6.07) is 4.36. The van der Waals surface area contributed by atoms with Crippen LogP contribution in [-0.4, -0.2) is 32.0 Å². The zero-order valence-electron chi connectivity index (χ0n) is 10.7. The lowest BCUT2D eigenvalue weighted by Crippen LogP contribution is -2.37. The minimum atomic E-state index is -4.41. The third-order valence-corrected chi connectivity index (χ3v) is 5.54. The quantitative estimate of drug-likeness (QED) is 0.629. The van der Waals surface area contributed by atoms with E-state index in [1.807, 2.05) is 0 Å². The lowest BCUT2D eigenvalue weighted by molar-refractivity contribution is -0.0953. The molecule has 4 nitrogen and oxygen atoms in total. The first-order chi connectivity index (χ1) is 9.62. The smallest absolute Gasteiger partial charge is 0.398 e. The van der Waals surface area contributed by atoms with E-state index in [9.17, 15) is 21.6 Å². The van der Waals surface area contributed by atoms with Crippen molar-refractivity contribution < 1.29 is 21.6 Å². The Hall–Kier alpha value is -1.06. The molecule has 0 radical (unpaired) electrons. The molecule has 0 aromatic heterocycles. The molecule has 21 heavy (non-hydrogen) atoms. The number of anilines is 1. The number of sulfonamides is 1. The van der Waals surface area contributed by atoms with E-state index in [1.165, 1.54) is 12.1 Å². The maximum absolute atomic E-state index is 12.5. The summed E-state index contributed by atoms with van der Waals surface area (Å²) in [5.74, 6) is 0. The largest absolute Gasteiger partial charge is 0.412 e. The number of halogens is 4. The molecule has 0 spiro atoms. The van der Waals surface area contributed by atoms with Crippen LogP contribution < -0.4 is 5.73 Å². The summed E-state index contributed by atoms with van der Waals surface area (Å²) in [6.07, 6.45) is -3.88. The summed E-state index contributed by atoms with van der Waals surface area (Å²) >= 11 is 3.15. The van der Waals surface area contributed by atoms with Crippen LogP contribution >= 0.6 is 15.9 Å². The molecule has 0 aliphatic carbocycles. The number of rotatable bonds is 2. The fourth-order valence-electron chi connectivity index (χ4n) is 2.00. The van der Waals surface area contributed by atoms with Crippen LogP contribution in [-0.2, 0) is 10.0 Å². The third kappa shape index (κ3) is 3.41. The van der Waals surface area contributed by atoms with Crippen molar-refractivity contribution in [1.82, 2.24) is 4.31 Å². The highest BCUT2D eigenvalue weighted by molar-refractivity contribution is 9.10. The van der Waals surface area contributed by atoms with E-state index < -0.39 is 21.8 Å². The van der Waals surface area contributed by atoms with Crippen molar-refractivity contribution in [2.24, 2.45) is 0 Å². The molecule has 1 aromatic rings. The molecule has 0 saturated heterocycles. The van der Waals surface area contributed by atoms with Gasteiger partial charge in [0.1, 0.15) is 4.90 Å². The fraction of sp³-hybridized carbons (Fsp3) is 0.333. The van der Waals surface area contributed by atoms with Gasteiger partial charge in [0.05, 0.1) is 5.69 Å². The van der Waals surface area contributed by atoms with Gasteiger partial charge in [-0.15, -0.1) is 0 Å². The zero-order chi connectivity index (χ0) is 15.8. The first-order valence-corrected chi connectivity index (χ1v) is 8.17. The van der Waals surface area contributed by atoms with Crippen LogP contribution in [0.25, 0.3) is 0 Å². The highest BCUT2D eigenvalue weighted by Gasteiger charge is 2.37. The van der Waals surface area contributed by atoms with E-state index in [4.69, 9.17) is 5.73 Å². The van der Waals surface area contributed by atoms with E-state index in [0.717, 1.165) is 10.4 Å². The molecule has 0 unspecified atom stereocenters. The van der Waals surface area contributed by atoms with Crippen molar-refractivity contribution in [2.45, 2.75) is 17.5 Å². The minimum Gasteiger partial charge on any atom is -0.398 e. The Morgan fingerprint density at radius 3 is 2.48 bits per heavy atom. The molecule has 9 heteroatoms. The van der Waals surface area contributed by atoms with Gasteiger partial charge in [0, 0.05) is 23.1 Å². The van der Waals surface area contributed by atoms with Crippen LogP contribution in [0.2, 0.25) is 0 Å². The van der Waals surface area contributed by atoms with Gasteiger partial charge in [0.25, 0.3) is 0 Å².